The molecule has 36 heteroatoms. The molecule has 0 aromatic heterocycles. The summed E-state index contributed by atoms with van der Waals surface area (Å²) in [4.78, 5) is 134. The molecule has 0 spiro atoms. The standard InChI is InChI=1S/4C27H33ClO8/c4*1-18(29)32-16-26(36-20(3)31)17-34-24-12-8-22(9-13-24)27(4,5)21-6-10-23(11-7-21)33-15-25(14-28)35-19(2)30/h4*6-13,25-26H,14-17H2,1-5H3/t2*25-,26+;2*25-,26-/m1010/s1. The lowest BCUT2D eigenvalue weighted by Gasteiger charge is -2.27. The molecule has 8 atom stereocenters. The molecule has 0 aliphatic carbocycles. The Morgan fingerprint density at radius 3 is 0.375 bits per heavy atom. The Hall–Kier alpha value is -13.0. The third-order valence-corrected chi connectivity index (χ3v) is 22.7. The Kier molecular flexibility index (Phi) is 52.1. The van der Waals surface area contributed by atoms with Gasteiger partial charge in [-0.2, -0.15) is 0 Å². The smallest absolute Gasteiger partial charge is 0.303 e. The summed E-state index contributed by atoms with van der Waals surface area (Å²) in [7, 11) is 0. The van der Waals surface area contributed by atoms with Gasteiger partial charge in [-0.3, -0.25) is 57.5 Å². The molecule has 0 bridgehead atoms. The lowest BCUT2D eigenvalue weighted by molar-refractivity contribution is -0.158. The summed E-state index contributed by atoms with van der Waals surface area (Å²) in [6.45, 7) is 33.1. The highest BCUT2D eigenvalue weighted by molar-refractivity contribution is 6.19. The molecule has 144 heavy (non-hydrogen) atoms. The summed E-state index contributed by atoms with van der Waals surface area (Å²) in [5, 5.41) is 0. The summed E-state index contributed by atoms with van der Waals surface area (Å²) >= 11 is 23.3. The predicted octanol–water partition coefficient (Wildman–Crippen LogP) is 17.7. The first kappa shape index (κ1) is 121. The molecule has 8 aromatic rings. The maximum atomic E-state index is 11.3. The number of hydrogen-bond donors (Lipinski definition) is 0. The number of benzene rings is 8. The van der Waals surface area contributed by atoms with E-state index < -0.39 is 120 Å². The van der Waals surface area contributed by atoms with Gasteiger partial charge in [-0.1, -0.05) is 152 Å². The molecule has 0 radical (unpaired) electrons. The van der Waals surface area contributed by atoms with E-state index in [1.807, 2.05) is 194 Å². The Morgan fingerprint density at radius 2 is 0.278 bits per heavy atom. The van der Waals surface area contributed by atoms with E-state index in [0.717, 1.165) is 44.5 Å². The number of carbonyl (C=O) groups is 12. The van der Waals surface area contributed by atoms with Crippen molar-refractivity contribution >= 4 is 118 Å². The maximum absolute atomic E-state index is 11.3. The van der Waals surface area contributed by atoms with Crippen molar-refractivity contribution in [2.45, 2.75) is 209 Å². The molecule has 0 saturated heterocycles. The molecule has 0 aliphatic heterocycles. The fraction of sp³-hybridized carbons (Fsp3) is 0.444. The van der Waals surface area contributed by atoms with Crippen molar-refractivity contribution in [1.82, 2.24) is 0 Å². The molecule has 8 aromatic carbocycles. The number of carbonyl (C=O) groups excluding carboxylic acids is 12. The van der Waals surface area contributed by atoms with Gasteiger partial charge in [0, 0.05) is 105 Å². The first-order chi connectivity index (χ1) is 68.0. The van der Waals surface area contributed by atoms with Crippen molar-refractivity contribution in [1.29, 1.82) is 0 Å². The normalized spacial score (nSPS) is 12.7. The first-order valence-corrected chi connectivity index (χ1v) is 48.2. The van der Waals surface area contributed by atoms with E-state index in [4.69, 9.17) is 141 Å². The van der Waals surface area contributed by atoms with Gasteiger partial charge in [-0.15, -0.1) is 46.4 Å². The molecule has 0 N–H and O–H groups in total. The minimum atomic E-state index is -0.697. The van der Waals surface area contributed by atoms with Crippen LogP contribution in [0.3, 0.4) is 0 Å². The van der Waals surface area contributed by atoms with Crippen LogP contribution in [0, 0.1) is 0 Å². The van der Waals surface area contributed by atoms with E-state index >= 15 is 0 Å². The van der Waals surface area contributed by atoms with E-state index in [1.54, 1.807) is 0 Å². The van der Waals surface area contributed by atoms with Gasteiger partial charge in [-0.05, 0) is 142 Å². The molecule has 32 nitrogen and oxygen atoms in total. The summed E-state index contributed by atoms with van der Waals surface area (Å²) in [5.74, 6) is 0.255. The van der Waals surface area contributed by atoms with Crippen LogP contribution >= 0.6 is 46.4 Å². The van der Waals surface area contributed by atoms with Crippen LogP contribution in [-0.4, -0.2) is 223 Å². The van der Waals surface area contributed by atoms with Crippen molar-refractivity contribution in [3.8, 4) is 46.0 Å². The molecule has 784 valence electrons. The average molecular weight is 2080 g/mol. The van der Waals surface area contributed by atoms with E-state index in [1.165, 1.54) is 83.1 Å². The van der Waals surface area contributed by atoms with Crippen molar-refractivity contribution < 1.29 is 152 Å². The third kappa shape index (κ3) is 45.7. The second kappa shape index (κ2) is 61.8. The quantitative estimate of drug-likeness (QED) is 0.0194. The minimum Gasteiger partial charge on any atom is -0.490 e. The monoisotopic (exact) mass is 2080 g/mol. The van der Waals surface area contributed by atoms with Gasteiger partial charge >= 0.3 is 71.6 Å². The molecular weight excluding hydrogens is 1950 g/mol. The largest absolute Gasteiger partial charge is 0.490 e. The second-order valence-corrected chi connectivity index (χ2v) is 36.1. The van der Waals surface area contributed by atoms with Crippen LogP contribution < -0.4 is 37.9 Å². The van der Waals surface area contributed by atoms with E-state index in [2.05, 4.69) is 55.4 Å². The number of alkyl halides is 4. The van der Waals surface area contributed by atoms with Crippen molar-refractivity contribution in [2.24, 2.45) is 0 Å². The number of rotatable bonds is 52. The molecule has 0 unspecified atom stereocenters. The van der Waals surface area contributed by atoms with Crippen LogP contribution in [0.2, 0.25) is 0 Å². The van der Waals surface area contributed by atoms with Gasteiger partial charge in [0.2, 0.25) is 0 Å². The molecule has 8 rings (SSSR count). The summed E-state index contributed by atoms with van der Waals surface area (Å²) in [6.07, 6.45) is -4.82. The topological polar surface area (TPSA) is 389 Å². The first-order valence-electron chi connectivity index (χ1n) is 46.1. The Morgan fingerprint density at radius 1 is 0.174 bits per heavy atom. The maximum Gasteiger partial charge on any atom is 0.303 e. The van der Waals surface area contributed by atoms with Gasteiger partial charge in [0.1, 0.15) is 150 Å². The summed E-state index contributed by atoms with van der Waals surface area (Å²) < 4.78 is 106. The average Bonchev–Trinajstić information content (AvgIpc) is 0.814. The molecule has 0 saturated carbocycles. The van der Waals surface area contributed by atoms with Crippen LogP contribution in [0.4, 0.5) is 0 Å². The molecule has 0 fully saturated rings. The number of halogens is 4. The van der Waals surface area contributed by atoms with Crippen LogP contribution in [0.5, 0.6) is 46.0 Å². The van der Waals surface area contributed by atoms with Crippen molar-refractivity contribution in [3.05, 3.63) is 239 Å². The SMILES string of the molecule is CC(=O)OC[C@@H](COc1ccc(C(C)(C)c2ccc(OC[C@@H](CCl)OC(C)=O)cc2)cc1)OC(C)=O.CC(=O)OC[C@@H](COc1ccc(C(C)(C)c2ccc(OC[C@H](CCl)OC(C)=O)cc2)cc1)OC(C)=O.CC(=O)OC[C@H](COc1ccc(C(C)(C)c2ccc(OC[C@@H](CCl)OC(C)=O)cc2)cc1)OC(C)=O.CC(=O)OC[C@H](COc1ccc(C(C)(C)c2ccc(OC[C@H](CCl)OC(C)=O)cc2)cc1)OC(C)=O. The molecule has 0 amide bonds. The highest BCUT2D eigenvalue weighted by Gasteiger charge is 2.31. The van der Waals surface area contributed by atoms with E-state index in [-0.39, 0.29) is 124 Å². The molecule has 0 aliphatic rings. The number of hydrogen-bond acceptors (Lipinski definition) is 32. The Balaban J connectivity index is 0.000000338. The number of esters is 12. The Labute approximate surface area is 861 Å². The van der Waals surface area contributed by atoms with Crippen molar-refractivity contribution in [2.75, 3.05) is 103 Å². The van der Waals surface area contributed by atoms with Crippen LogP contribution in [0.1, 0.15) is 183 Å². The third-order valence-electron chi connectivity index (χ3n) is 21.3. The van der Waals surface area contributed by atoms with E-state index in [0.29, 0.717) is 46.0 Å². The zero-order valence-electron chi connectivity index (χ0n) is 85.0. The molecular formula is C108H132Cl4O32. The zero-order chi connectivity index (χ0) is 107. The zero-order valence-corrected chi connectivity index (χ0v) is 88.0. The van der Waals surface area contributed by atoms with Crippen molar-refractivity contribution in [3.63, 3.8) is 0 Å². The second-order valence-electron chi connectivity index (χ2n) is 34.9. The van der Waals surface area contributed by atoms with Gasteiger partial charge < -0.3 is 94.7 Å². The summed E-state index contributed by atoms with van der Waals surface area (Å²) in [6, 6.07) is 61.3. The van der Waals surface area contributed by atoms with E-state index in [9.17, 15) is 57.5 Å². The number of ether oxygens (including phenoxy) is 20. The minimum absolute atomic E-state index is 0.0547. The van der Waals surface area contributed by atoms with Gasteiger partial charge in [0.25, 0.3) is 0 Å². The van der Waals surface area contributed by atoms with Crippen LogP contribution in [-0.2, 0) is 136 Å². The lowest BCUT2D eigenvalue weighted by Crippen LogP contribution is -2.29. The Bertz CT molecular complexity index is 4670. The van der Waals surface area contributed by atoms with Gasteiger partial charge in [-0.25, -0.2) is 0 Å². The predicted molar refractivity (Wildman–Crippen MR) is 538 cm³/mol. The highest BCUT2D eigenvalue weighted by Crippen LogP contribution is 2.39. The fourth-order valence-electron chi connectivity index (χ4n) is 13.5. The lowest BCUT2D eigenvalue weighted by atomic mass is 9.78. The van der Waals surface area contributed by atoms with Crippen LogP contribution in [0.15, 0.2) is 194 Å². The fourth-order valence-corrected chi connectivity index (χ4v) is 14.2. The van der Waals surface area contributed by atoms with Crippen LogP contribution in [0.25, 0.3) is 0 Å². The highest BCUT2D eigenvalue weighted by atomic mass is 35.5. The van der Waals surface area contributed by atoms with Gasteiger partial charge in [0.15, 0.2) is 24.4 Å². The summed E-state index contributed by atoms with van der Waals surface area (Å²) in [5.41, 5.74) is 7.37. The van der Waals surface area contributed by atoms with Gasteiger partial charge in [0.05, 0.1) is 23.5 Å². The molecule has 0 heterocycles.